The van der Waals surface area contributed by atoms with Crippen LogP contribution in [0.4, 0.5) is 0 Å². The summed E-state index contributed by atoms with van der Waals surface area (Å²) in [6.07, 6.45) is 1.88. The van der Waals surface area contributed by atoms with Gasteiger partial charge in [0.1, 0.15) is 4.75 Å². The first-order valence-electron chi connectivity index (χ1n) is 7.38. The number of ether oxygens (including phenoxy) is 2. The summed E-state index contributed by atoms with van der Waals surface area (Å²) < 4.78 is 14.2. The van der Waals surface area contributed by atoms with Crippen molar-refractivity contribution in [2.75, 3.05) is 20.3 Å². The predicted octanol–water partition coefficient (Wildman–Crippen LogP) is 2.43. The van der Waals surface area contributed by atoms with Gasteiger partial charge in [0.25, 0.3) is 0 Å². The zero-order valence-electron chi connectivity index (χ0n) is 13.2. The molecule has 0 N–H and O–H groups in total. The lowest BCUT2D eigenvalue weighted by Gasteiger charge is -2.27. The van der Waals surface area contributed by atoms with Gasteiger partial charge in [0, 0.05) is 11.0 Å². The van der Waals surface area contributed by atoms with E-state index in [1.54, 1.807) is 13.8 Å². The van der Waals surface area contributed by atoms with Crippen molar-refractivity contribution in [2.45, 2.75) is 37.9 Å². The molecular formula is C15H22O6S. The number of methoxy groups -OCH3 is 1. The Morgan fingerprint density at radius 2 is 2.00 bits per heavy atom. The second kappa shape index (κ2) is 6.60. The van der Waals surface area contributed by atoms with Crippen LogP contribution in [0.2, 0.25) is 0 Å². The SMILES string of the molecule is C=C(C(=O)OC)C12CC1CC(SOOCC)(C(=O)OCC)C2. The second-order valence-electron chi connectivity index (χ2n) is 5.68. The monoisotopic (exact) mass is 330 g/mol. The molecule has 0 amide bonds. The van der Waals surface area contributed by atoms with E-state index in [1.165, 1.54) is 7.11 Å². The van der Waals surface area contributed by atoms with Crippen LogP contribution in [0, 0.1) is 11.3 Å². The first kappa shape index (κ1) is 17.3. The summed E-state index contributed by atoms with van der Waals surface area (Å²) in [6, 6.07) is 0. The average molecular weight is 330 g/mol. The maximum Gasteiger partial charge on any atom is 0.333 e. The van der Waals surface area contributed by atoms with Gasteiger partial charge in [-0.25, -0.2) is 9.68 Å². The van der Waals surface area contributed by atoms with Crippen molar-refractivity contribution in [2.24, 2.45) is 11.3 Å². The van der Waals surface area contributed by atoms with Crippen LogP contribution in [0.25, 0.3) is 0 Å². The molecule has 0 spiro atoms. The Morgan fingerprint density at radius 3 is 2.59 bits per heavy atom. The highest BCUT2D eigenvalue weighted by Gasteiger charge is 2.71. The van der Waals surface area contributed by atoms with Crippen LogP contribution in [-0.4, -0.2) is 37.0 Å². The third kappa shape index (κ3) is 2.89. The molecular weight excluding hydrogens is 308 g/mol. The largest absolute Gasteiger partial charge is 0.466 e. The summed E-state index contributed by atoms with van der Waals surface area (Å²) in [4.78, 5) is 29.1. The molecule has 0 aliphatic heterocycles. The van der Waals surface area contributed by atoms with E-state index >= 15 is 0 Å². The summed E-state index contributed by atoms with van der Waals surface area (Å²) >= 11 is 0.984. The van der Waals surface area contributed by atoms with Gasteiger partial charge < -0.3 is 9.47 Å². The van der Waals surface area contributed by atoms with E-state index < -0.39 is 10.7 Å². The molecule has 7 heteroatoms. The molecule has 0 saturated heterocycles. The van der Waals surface area contributed by atoms with Crippen molar-refractivity contribution in [3.05, 3.63) is 12.2 Å². The standard InChI is InChI=1S/C15H22O6S/c1-5-19-13(17)15(22-21-20-6-2)8-11-7-14(11,9-15)10(3)12(16)18-4/h11H,3,5-9H2,1-2,4H3. The number of rotatable bonds is 8. The first-order chi connectivity index (χ1) is 10.5. The van der Waals surface area contributed by atoms with Crippen molar-refractivity contribution in [3.63, 3.8) is 0 Å². The first-order valence-corrected chi connectivity index (χ1v) is 8.12. The van der Waals surface area contributed by atoms with Gasteiger partial charge in [-0.3, -0.25) is 4.79 Å². The van der Waals surface area contributed by atoms with Crippen LogP contribution >= 0.6 is 12.0 Å². The van der Waals surface area contributed by atoms with Gasteiger partial charge >= 0.3 is 11.9 Å². The Balaban J connectivity index is 2.15. The molecule has 0 bridgehead atoms. The quantitative estimate of drug-likeness (QED) is 0.169. The Kier molecular flexibility index (Phi) is 5.19. The molecule has 22 heavy (non-hydrogen) atoms. The molecule has 2 aliphatic rings. The fourth-order valence-electron chi connectivity index (χ4n) is 3.30. The second-order valence-corrected chi connectivity index (χ2v) is 6.77. The topological polar surface area (TPSA) is 71.1 Å². The van der Waals surface area contributed by atoms with Crippen LogP contribution < -0.4 is 0 Å². The van der Waals surface area contributed by atoms with E-state index in [0.29, 0.717) is 31.6 Å². The summed E-state index contributed by atoms with van der Waals surface area (Å²) in [5, 5.41) is 0. The molecule has 3 unspecified atom stereocenters. The van der Waals surface area contributed by atoms with E-state index in [0.717, 1.165) is 18.5 Å². The molecule has 124 valence electrons. The number of fused-ring (bicyclic) bond motifs is 1. The Bertz CT molecular complexity index is 479. The highest BCUT2D eigenvalue weighted by molar-refractivity contribution is 7.96. The van der Waals surface area contributed by atoms with Crippen molar-refractivity contribution in [1.29, 1.82) is 0 Å². The summed E-state index contributed by atoms with van der Waals surface area (Å²) in [5.41, 5.74) is 0.0609. The lowest BCUT2D eigenvalue weighted by Crippen LogP contribution is -2.37. The minimum absolute atomic E-state index is 0.223. The van der Waals surface area contributed by atoms with Gasteiger partial charge in [-0.05, 0) is 39.0 Å². The molecule has 0 aromatic rings. The molecule has 2 rings (SSSR count). The van der Waals surface area contributed by atoms with E-state index in [9.17, 15) is 9.59 Å². The molecule has 2 saturated carbocycles. The zero-order chi connectivity index (χ0) is 16.4. The Labute approximate surface area is 134 Å². The lowest BCUT2D eigenvalue weighted by molar-refractivity contribution is -0.188. The lowest BCUT2D eigenvalue weighted by atomic mass is 9.90. The van der Waals surface area contributed by atoms with Gasteiger partial charge in [-0.1, -0.05) is 6.58 Å². The van der Waals surface area contributed by atoms with E-state index in [1.807, 2.05) is 0 Å². The van der Waals surface area contributed by atoms with Gasteiger partial charge in [-0.2, -0.15) is 4.33 Å². The van der Waals surface area contributed by atoms with Gasteiger partial charge in [0.05, 0.1) is 32.4 Å². The van der Waals surface area contributed by atoms with Crippen molar-refractivity contribution < 1.29 is 28.3 Å². The van der Waals surface area contributed by atoms with Crippen LogP contribution in [0.5, 0.6) is 0 Å². The smallest absolute Gasteiger partial charge is 0.333 e. The molecule has 6 nitrogen and oxygen atoms in total. The Hall–Kier alpha value is -1.05. The van der Waals surface area contributed by atoms with Crippen LogP contribution in [0.3, 0.4) is 0 Å². The van der Waals surface area contributed by atoms with Crippen LogP contribution in [-0.2, 0) is 28.3 Å². The van der Waals surface area contributed by atoms with Gasteiger partial charge in [0.15, 0.2) is 0 Å². The fraction of sp³-hybridized carbons (Fsp3) is 0.733. The highest BCUT2D eigenvalue weighted by atomic mass is 32.2. The maximum absolute atomic E-state index is 12.4. The Morgan fingerprint density at radius 1 is 1.27 bits per heavy atom. The highest BCUT2D eigenvalue weighted by Crippen LogP contribution is 2.72. The number of hydrogen-bond donors (Lipinski definition) is 0. The maximum atomic E-state index is 12.4. The number of esters is 2. The summed E-state index contributed by atoms with van der Waals surface area (Å²) in [5.74, 6) is -0.525. The number of hydrogen-bond acceptors (Lipinski definition) is 7. The number of carbonyl (C=O) groups excluding carboxylic acids is 2. The molecule has 0 radical (unpaired) electrons. The van der Waals surface area contributed by atoms with Crippen molar-refractivity contribution in [3.8, 4) is 0 Å². The predicted molar refractivity (Wildman–Crippen MR) is 80.6 cm³/mol. The fourth-order valence-corrected chi connectivity index (χ4v) is 4.29. The molecule has 0 aromatic heterocycles. The summed E-state index contributed by atoms with van der Waals surface area (Å²) in [6.45, 7) is 8.12. The average Bonchev–Trinajstić information content (AvgIpc) is 3.09. The van der Waals surface area contributed by atoms with Crippen molar-refractivity contribution in [1.82, 2.24) is 0 Å². The molecule has 3 atom stereocenters. The van der Waals surface area contributed by atoms with Gasteiger partial charge in [-0.15, -0.1) is 0 Å². The molecule has 0 heterocycles. The summed E-state index contributed by atoms with van der Waals surface area (Å²) in [7, 11) is 1.34. The zero-order valence-corrected chi connectivity index (χ0v) is 14.0. The normalized spacial score (nSPS) is 32.2. The van der Waals surface area contributed by atoms with Crippen LogP contribution in [0.1, 0.15) is 33.1 Å². The van der Waals surface area contributed by atoms with E-state index in [4.69, 9.17) is 18.7 Å². The minimum Gasteiger partial charge on any atom is -0.466 e. The van der Waals surface area contributed by atoms with Crippen LogP contribution in [0.15, 0.2) is 12.2 Å². The molecule has 0 aromatic carbocycles. The third-order valence-corrected chi connectivity index (χ3v) is 5.41. The molecule has 2 aliphatic carbocycles. The number of carbonyl (C=O) groups is 2. The minimum atomic E-state index is -0.856. The van der Waals surface area contributed by atoms with E-state index in [-0.39, 0.29) is 17.3 Å². The van der Waals surface area contributed by atoms with Crippen molar-refractivity contribution >= 4 is 24.0 Å². The van der Waals surface area contributed by atoms with E-state index in [2.05, 4.69) is 6.58 Å². The van der Waals surface area contributed by atoms with Gasteiger partial charge in [0.2, 0.25) is 0 Å². The molecule has 2 fully saturated rings. The third-order valence-electron chi connectivity index (χ3n) is 4.45.